The van der Waals surface area contributed by atoms with Crippen LogP contribution in [0.3, 0.4) is 0 Å². The fourth-order valence-electron chi connectivity index (χ4n) is 3.23. The molecule has 0 radical (unpaired) electrons. The number of para-hydroxylation sites is 1. The van der Waals surface area contributed by atoms with Crippen molar-refractivity contribution in [1.29, 1.82) is 0 Å². The zero-order valence-electron chi connectivity index (χ0n) is 16.8. The first-order chi connectivity index (χ1) is 15.5. The molecule has 0 saturated carbocycles. The van der Waals surface area contributed by atoms with Crippen LogP contribution in [0.4, 0.5) is 11.4 Å². The van der Waals surface area contributed by atoms with Crippen LogP contribution in [0.2, 0.25) is 5.02 Å². The summed E-state index contributed by atoms with van der Waals surface area (Å²) in [6.07, 6.45) is 3.17. The Morgan fingerprint density at radius 2 is 2.00 bits per heavy atom. The number of fused-ring (bicyclic) bond motifs is 1. The molecule has 162 valence electrons. The number of carbonyl (C=O) groups excluding carboxylic acids is 1. The number of hydrogen-bond acceptors (Lipinski definition) is 8. The van der Waals surface area contributed by atoms with Crippen LogP contribution in [-0.2, 0) is 0 Å². The number of aromatic nitrogens is 3. The standard InChI is InChI=1S/C21H17ClN6O4/c1-12-18(20(27-32-12)14-3-2-4-17-19(14)25-9-7-24-17)21(29)26-10-8-23-16-6-5-13(28(30)31)11-15(16)22/h2-7,9,11,23H,8,10H2,1H3,(H,26,29). The molecule has 0 aliphatic carbocycles. The Labute approximate surface area is 186 Å². The second-order valence-corrected chi connectivity index (χ2v) is 7.20. The van der Waals surface area contributed by atoms with Crippen LogP contribution >= 0.6 is 11.6 Å². The molecule has 0 atom stereocenters. The van der Waals surface area contributed by atoms with Crippen molar-refractivity contribution >= 4 is 39.9 Å². The maximum atomic E-state index is 12.9. The fourth-order valence-corrected chi connectivity index (χ4v) is 3.47. The van der Waals surface area contributed by atoms with Gasteiger partial charge in [0.2, 0.25) is 0 Å². The number of halogens is 1. The van der Waals surface area contributed by atoms with E-state index in [1.807, 2.05) is 18.2 Å². The van der Waals surface area contributed by atoms with Gasteiger partial charge in [-0.1, -0.05) is 28.9 Å². The van der Waals surface area contributed by atoms with Crippen molar-refractivity contribution in [3.8, 4) is 11.3 Å². The fraction of sp³-hybridized carbons (Fsp3) is 0.143. The first-order valence-electron chi connectivity index (χ1n) is 9.58. The summed E-state index contributed by atoms with van der Waals surface area (Å²) in [4.78, 5) is 31.8. The minimum atomic E-state index is -0.518. The number of non-ortho nitro benzene ring substituents is 1. The topological polar surface area (TPSA) is 136 Å². The minimum absolute atomic E-state index is 0.0950. The summed E-state index contributed by atoms with van der Waals surface area (Å²) < 4.78 is 5.29. The van der Waals surface area contributed by atoms with E-state index in [4.69, 9.17) is 16.1 Å². The zero-order chi connectivity index (χ0) is 22.7. The monoisotopic (exact) mass is 452 g/mol. The third-order valence-corrected chi connectivity index (χ3v) is 5.05. The van der Waals surface area contributed by atoms with E-state index in [2.05, 4.69) is 25.8 Å². The summed E-state index contributed by atoms with van der Waals surface area (Å²) in [5.74, 6) is 0.0287. The summed E-state index contributed by atoms with van der Waals surface area (Å²) in [5.41, 5.74) is 3.08. The smallest absolute Gasteiger partial charge is 0.271 e. The number of amides is 1. The number of aryl methyl sites for hydroxylation is 1. The highest BCUT2D eigenvalue weighted by Gasteiger charge is 2.23. The Morgan fingerprint density at radius 3 is 2.78 bits per heavy atom. The van der Waals surface area contributed by atoms with Gasteiger partial charge in [-0.25, -0.2) is 0 Å². The molecule has 4 rings (SSSR count). The van der Waals surface area contributed by atoms with Crippen molar-refractivity contribution in [3.05, 3.63) is 75.3 Å². The van der Waals surface area contributed by atoms with E-state index in [9.17, 15) is 14.9 Å². The third-order valence-electron chi connectivity index (χ3n) is 4.73. The quantitative estimate of drug-likeness (QED) is 0.244. The van der Waals surface area contributed by atoms with Crippen LogP contribution in [0.1, 0.15) is 16.1 Å². The Bertz CT molecular complexity index is 1320. The summed E-state index contributed by atoms with van der Waals surface area (Å²) in [6, 6.07) is 9.59. The van der Waals surface area contributed by atoms with Gasteiger partial charge in [0.15, 0.2) is 0 Å². The second kappa shape index (κ2) is 8.98. The molecular weight excluding hydrogens is 436 g/mol. The first kappa shape index (κ1) is 21.2. The molecule has 2 aromatic carbocycles. The van der Waals surface area contributed by atoms with Crippen molar-refractivity contribution in [2.24, 2.45) is 0 Å². The van der Waals surface area contributed by atoms with Crippen molar-refractivity contribution in [3.63, 3.8) is 0 Å². The number of anilines is 1. The molecule has 0 bridgehead atoms. The van der Waals surface area contributed by atoms with E-state index in [-0.39, 0.29) is 23.2 Å². The van der Waals surface area contributed by atoms with E-state index < -0.39 is 4.92 Å². The Balaban J connectivity index is 1.46. The lowest BCUT2D eigenvalue weighted by atomic mass is 10.0. The van der Waals surface area contributed by atoms with E-state index >= 15 is 0 Å². The molecular formula is C21H17ClN6O4. The van der Waals surface area contributed by atoms with Crippen molar-refractivity contribution in [2.45, 2.75) is 6.92 Å². The van der Waals surface area contributed by atoms with Crippen molar-refractivity contribution in [1.82, 2.24) is 20.4 Å². The molecule has 32 heavy (non-hydrogen) atoms. The Morgan fingerprint density at radius 1 is 1.19 bits per heavy atom. The number of nitrogens with one attached hydrogen (secondary N) is 2. The molecule has 0 fully saturated rings. The van der Waals surface area contributed by atoms with Gasteiger partial charge in [-0.3, -0.25) is 24.9 Å². The van der Waals surface area contributed by atoms with Crippen LogP contribution < -0.4 is 10.6 Å². The van der Waals surface area contributed by atoms with Gasteiger partial charge in [0.25, 0.3) is 11.6 Å². The van der Waals surface area contributed by atoms with Crippen molar-refractivity contribution < 1.29 is 14.2 Å². The van der Waals surface area contributed by atoms with Gasteiger partial charge in [-0.15, -0.1) is 0 Å². The van der Waals surface area contributed by atoms with Gasteiger partial charge in [0, 0.05) is 43.2 Å². The highest BCUT2D eigenvalue weighted by Crippen LogP contribution is 2.30. The van der Waals surface area contributed by atoms with Crippen molar-refractivity contribution in [2.75, 3.05) is 18.4 Å². The van der Waals surface area contributed by atoms with Gasteiger partial charge >= 0.3 is 0 Å². The average Bonchev–Trinajstić information content (AvgIpc) is 3.18. The van der Waals surface area contributed by atoms with Crippen LogP contribution in [-0.4, -0.2) is 39.0 Å². The summed E-state index contributed by atoms with van der Waals surface area (Å²) in [7, 11) is 0. The van der Waals surface area contributed by atoms with Crippen LogP contribution in [0, 0.1) is 17.0 Å². The normalized spacial score (nSPS) is 10.8. The van der Waals surface area contributed by atoms with Crippen LogP contribution in [0.25, 0.3) is 22.3 Å². The molecule has 1 amide bonds. The molecule has 2 N–H and O–H groups in total. The predicted molar refractivity (Wildman–Crippen MR) is 119 cm³/mol. The highest BCUT2D eigenvalue weighted by atomic mass is 35.5. The average molecular weight is 453 g/mol. The lowest BCUT2D eigenvalue weighted by Crippen LogP contribution is -2.29. The molecule has 0 unspecified atom stereocenters. The maximum absolute atomic E-state index is 12.9. The number of benzene rings is 2. The number of carbonyl (C=O) groups is 1. The van der Waals surface area contributed by atoms with E-state index in [0.29, 0.717) is 45.8 Å². The van der Waals surface area contributed by atoms with E-state index in [1.54, 1.807) is 19.3 Å². The number of nitro groups is 1. The highest BCUT2D eigenvalue weighted by molar-refractivity contribution is 6.33. The lowest BCUT2D eigenvalue weighted by molar-refractivity contribution is -0.384. The van der Waals surface area contributed by atoms with E-state index in [0.717, 1.165) is 0 Å². The SMILES string of the molecule is Cc1onc(-c2cccc3nccnc23)c1C(=O)NCCNc1ccc([N+](=O)[O-])cc1Cl. The number of hydrogen-bond donors (Lipinski definition) is 2. The largest absolute Gasteiger partial charge is 0.382 e. The molecule has 0 saturated heterocycles. The Kier molecular flexibility index (Phi) is 5.95. The van der Waals surface area contributed by atoms with Gasteiger partial charge in [-0.2, -0.15) is 0 Å². The minimum Gasteiger partial charge on any atom is -0.382 e. The molecule has 0 spiro atoms. The first-order valence-corrected chi connectivity index (χ1v) is 9.96. The third kappa shape index (κ3) is 4.21. The second-order valence-electron chi connectivity index (χ2n) is 6.80. The summed E-state index contributed by atoms with van der Waals surface area (Å²) >= 11 is 6.07. The molecule has 2 heterocycles. The van der Waals surface area contributed by atoms with Crippen LogP contribution in [0.15, 0.2) is 53.3 Å². The van der Waals surface area contributed by atoms with Crippen LogP contribution in [0.5, 0.6) is 0 Å². The number of nitro benzene ring substituents is 1. The maximum Gasteiger partial charge on any atom is 0.271 e. The molecule has 0 aliphatic rings. The summed E-state index contributed by atoms with van der Waals surface area (Å²) in [6.45, 7) is 2.28. The summed E-state index contributed by atoms with van der Waals surface area (Å²) in [5, 5.41) is 21.0. The lowest BCUT2D eigenvalue weighted by Gasteiger charge is -2.10. The molecule has 11 heteroatoms. The molecule has 10 nitrogen and oxygen atoms in total. The molecule has 0 aliphatic heterocycles. The zero-order valence-corrected chi connectivity index (χ0v) is 17.6. The molecule has 2 aromatic heterocycles. The number of rotatable bonds is 7. The van der Waals surface area contributed by atoms with E-state index in [1.165, 1.54) is 18.2 Å². The predicted octanol–water partition coefficient (Wildman–Crippen LogP) is 4.00. The van der Waals surface area contributed by atoms with Gasteiger partial charge < -0.3 is 15.2 Å². The van der Waals surface area contributed by atoms with Gasteiger partial charge in [-0.05, 0) is 19.1 Å². The number of nitrogens with zero attached hydrogens (tertiary/aromatic N) is 4. The Hall–Kier alpha value is -4.05. The van der Waals surface area contributed by atoms with Gasteiger partial charge in [0.05, 0.1) is 26.7 Å². The van der Waals surface area contributed by atoms with Gasteiger partial charge in [0.1, 0.15) is 17.0 Å². The molecule has 4 aromatic rings.